The number of hydrogen-bond donors (Lipinski definition) is 1. The molecule has 0 radical (unpaired) electrons. The molecule has 1 heterocycles. The molecule has 0 atom stereocenters. The van der Waals surface area contributed by atoms with Crippen LogP contribution in [0.2, 0.25) is 10.0 Å². The quantitative estimate of drug-likeness (QED) is 0.936. The van der Waals surface area contributed by atoms with Gasteiger partial charge >= 0.3 is 0 Å². The smallest absolute Gasteiger partial charge is 0.299 e. The van der Waals surface area contributed by atoms with Crippen molar-refractivity contribution < 1.29 is 9.84 Å². The van der Waals surface area contributed by atoms with Gasteiger partial charge in [-0.2, -0.15) is 0 Å². The van der Waals surface area contributed by atoms with Crippen LogP contribution in [0, 0.1) is 0 Å². The van der Waals surface area contributed by atoms with Crippen LogP contribution in [0.25, 0.3) is 0 Å². The zero-order valence-corrected chi connectivity index (χ0v) is 10.2. The fraction of sp³-hybridized carbons (Fsp3) is 0.111. The van der Waals surface area contributed by atoms with Crippen molar-refractivity contribution in [3.8, 4) is 10.9 Å². The van der Waals surface area contributed by atoms with Crippen molar-refractivity contribution in [3.63, 3.8) is 0 Å². The Morgan fingerprint density at radius 3 is 2.81 bits per heavy atom. The van der Waals surface area contributed by atoms with E-state index in [2.05, 4.69) is 10.2 Å². The van der Waals surface area contributed by atoms with Crippen LogP contribution in [0.5, 0.6) is 10.9 Å². The second kappa shape index (κ2) is 4.97. The molecule has 0 unspecified atom stereocenters. The summed E-state index contributed by atoms with van der Waals surface area (Å²) >= 11 is 12.9. The van der Waals surface area contributed by atoms with Gasteiger partial charge in [0.1, 0.15) is 10.8 Å². The van der Waals surface area contributed by atoms with Gasteiger partial charge in [0.15, 0.2) is 0 Å². The number of ether oxygens (including phenoxy) is 1. The molecule has 1 aromatic carbocycles. The average Bonchev–Trinajstić information content (AvgIpc) is 2.71. The molecule has 0 fully saturated rings. The Morgan fingerprint density at radius 2 is 2.12 bits per heavy atom. The van der Waals surface area contributed by atoms with Gasteiger partial charge in [0.25, 0.3) is 5.19 Å². The fourth-order valence-corrected chi connectivity index (χ4v) is 1.87. The lowest BCUT2D eigenvalue weighted by Crippen LogP contribution is -1.84. The van der Waals surface area contributed by atoms with E-state index in [-0.39, 0.29) is 6.61 Å². The third kappa shape index (κ3) is 2.62. The lowest BCUT2D eigenvalue weighted by molar-refractivity contribution is 0.280. The monoisotopic (exact) mass is 276 g/mol. The van der Waals surface area contributed by atoms with Gasteiger partial charge in [0, 0.05) is 11.1 Å². The van der Waals surface area contributed by atoms with Crippen LogP contribution in [0.15, 0.2) is 18.2 Å². The maximum Gasteiger partial charge on any atom is 0.299 e. The van der Waals surface area contributed by atoms with Crippen LogP contribution in [-0.2, 0) is 6.61 Å². The molecule has 84 valence electrons. The number of aromatic nitrogens is 2. The number of benzene rings is 1. The molecule has 2 rings (SSSR count). The Labute approximate surface area is 105 Å². The molecule has 1 aromatic heterocycles. The van der Waals surface area contributed by atoms with Crippen molar-refractivity contribution in [2.45, 2.75) is 6.61 Å². The number of rotatable bonds is 3. The van der Waals surface area contributed by atoms with Gasteiger partial charge in [-0.1, -0.05) is 39.6 Å². The highest BCUT2D eigenvalue weighted by Crippen LogP contribution is 2.32. The second-order valence-corrected chi connectivity index (χ2v) is 4.66. The van der Waals surface area contributed by atoms with Gasteiger partial charge in [-0.15, -0.1) is 5.10 Å². The Morgan fingerprint density at radius 1 is 1.31 bits per heavy atom. The van der Waals surface area contributed by atoms with E-state index in [1.54, 1.807) is 18.2 Å². The predicted molar refractivity (Wildman–Crippen MR) is 62.4 cm³/mol. The summed E-state index contributed by atoms with van der Waals surface area (Å²) in [5.41, 5.74) is 0. The minimum atomic E-state index is -0.162. The molecular weight excluding hydrogens is 271 g/mol. The minimum absolute atomic E-state index is 0.162. The summed E-state index contributed by atoms with van der Waals surface area (Å²) < 4.78 is 5.39. The number of aliphatic hydroxyl groups excluding tert-OH is 1. The predicted octanol–water partition coefficient (Wildman–Crippen LogP) is 3.13. The molecule has 7 heteroatoms. The molecule has 2 aromatic rings. The molecular formula is C9H6Cl2N2O2S. The van der Waals surface area contributed by atoms with Crippen molar-refractivity contribution in [3.05, 3.63) is 33.3 Å². The van der Waals surface area contributed by atoms with Crippen molar-refractivity contribution >= 4 is 34.5 Å². The fourth-order valence-electron chi connectivity index (χ4n) is 0.993. The molecule has 0 spiro atoms. The summed E-state index contributed by atoms with van der Waals surface area (Å²) in [6, 6.07) is 4.88. The van der Waals surface area contributed by atoms with Gasteiger partial charge < -0.3 is 9.84 Å². The van der Waals surface area contributed by atoms with Gasteiger partial charge in [0.05, 0.1) is 11.6 Å². The van der Waals surface area contributed by atoms with Crippen molar-refractivity contribution in [1.29, 1.82) is 0 Å². The Bertz CT molecular complexity index is 504. The first kappa shape index (κ1) is 11.6. The van der Waals surface area contributed by atoms with E-state index in [1.807, 2.05) is 0 Å². The van der Waals surface area contributed by atoms with Crippen LogP contribution in [0.3, 0.4) is 0 Å². The van der Waals surface area contributed by atoms with Crippen LogP contribution < -0.4 is 4.74 Å². The standard InChI is InChI=1S/C9H6Cl2N2O2S/c10-5-1-2-6(11)7(3-5)15-9-13-12-8(4-14)16-9/h1-3,14H,4H2. The van der Waals surface area contributed by atoms with Gasteiger partial charge in [-0.25, -0.2) is 0 Å². The average molecular weight is 277 g/mol. The summed E-state index contributed by atoms with van der Waals surface area (Å²) in [5.74, 6) is 0.412. The lowest BCUT2D eigenvalue weighted by Gasteiger charge is -2.03. The van der Waals surface area contributed by atoms with E-state index in [0.717, 1.165) is 11.3 Å². The summed E-state index contributed by atoms with van der Waals surface area (Å²) in [6.07, 6.45) is 0. The molecule has 4 nitrogen and oxygen atoms in total. The third-order valence-electron chi connectivity index (χ3n) is 1.67. The van der Waals surface area contributed by atoms with Gasteiger partial charge in [0.2, 0.25) is 0 Å². The normalized spacial score (nSPS) is 10.4. The number of hydrogen-bond acceptors (Lipinski definition) is 5. The first-order valence-corrected chi connectivity index (χ1v) is 5.82. The first-order chi connectivity index (χ1) is 7.69. The van der Waals surface area contributed by atoms with Crippen LogP contribution >= 0.6 is 34.5 Å². The molecule has 0 aliphatic rings. The van der Waals surface area contributed by atoms with Gasteiger partial charge in [-0.3, -0.25) is 0 Å². The van der Waals surface area contributed by atoms with Crippen molar-refractivity contribution in [2.75, 3.05) is 0 Å². The maximum atomic E-state index is 8.82. The van der Waals surface area contributed by atoms with Crippen LogP contribution in [-0.4, -0.2) is 15.3 Å². The van der Waals surface area contributed by atoms with E-state index in [0.29, 0.717) is 26.0 Å². The molecule has 0 saturated carbocycles. The summed E-state index contributed by atoms with van der Waals surface area (Å²) in [7, 11) is 0. The highest BCUT2D eigenvalue weighted by Gasteiger charge is 2.08. The second-order valence-electron chi connectivity index (χ2n) is 2.80. The Balaban J connectivity index is 2.22. The lowest BCUT2D eigenvalue weighted by atomic mass is 10.3. The highest BCUT2D eigenvalue weighted by atomic mass is 35.5. The van der Waals surface area contributed by atoms with Crippen molar-refractivity contribution in [1.82, 2.24) is 10.2 Å². The van der Waals surface area contributed by atoms with Gasteiger partial charge in [-0.05, 0) is 12.1 Å². The molecule has 0 aliphatic carbocycles. The minimum Gasteiger partial charge on any atom is -0.428 e. The van der Waals surface area contributed by atoms with E-state index < -0.39 is 0 Å². The number of halogens is 2. The van der Waals surface area contributed by atoms with E-state index >= 15 is 0 Å². The molecule has 0 bridgehead atoms. The Hall–Kier alpha value is -0.880. The van der Waals surface area contributed by atoms with Crippen LogP contribution in [0.1, 0.15) is 5.01 Å². The number of aliphatic hydroxyl groups is 1. The molecule has 16 heavy (non-hydrogen) atoms. The largest absolute Gasteiger partial charge is 0.428 e. The third-order valence-corrected chi connectivity index (χ3v) is 3.01. The van der Waals surface area contributed by atoms with Crippen LogP contribution in [0.4, 0.5) is 0 Å². The maximum absolute atomic E-state index is 8.82. The molecule has 0 saturated heterocycles. The topological polar surface area (TPSA) is 55.2 Å². The molecule has 0 aliphatic heterocycles. The molecule has 0 amide bonds. The summed E-state index contributed by atoms with van der Waals surface area (Å²) in [6.45, 7) is -0.162. The summed E-state index contributed by atoms with van der Waals surface area (Å²) in [5, 5.41) is 18.0. The summed E-state index contributed by atoms with van der Waals surface area (Å²) in [4.78, 5) is 0. The SMILES string of the molecule is OCc1nnc(Oc2cc(Cl)ccc2Cl)s1. The zero-order chi connectivity index (χ0) is 11.5. The Kier molecular flexibility index (Phi) is 3.60. The first-order valence-electron chi connectivity index (χ1n) is 4.25. The zero-order valence-electron chi connectivity index (χ0n) is 7.85. The van der Waals surface area contributed by atoms with E-state index in [1.165, 1.54) is 0 Å². The van der Waals surface area contributed by atoms with E-state index in [9.17, 15) is 0 Å². The highest BCUT2D eigenvalue weighted by molar-refractivity contribution is 7.13. The van der Waals surface area contributed by atoms with E-state index in [4.69, 9.17) is 33.0 Å². The number of nitrogens with zero attached hydrogens (tertiary/aromatic N) is 2. The van der Waals surface area contributed by atoms with Crippen molar-refractivity contribution in [2.24, 2.45) is 0 Å². The molecule has 1 N–H and O–H groups in total.